The molecule has 1 aromatic heterocycles. The lowest BCUT2D eigenvalue weighted by Gasteiger charge is -2.12. The summed E-state index contributed by atoms with van der Waals surface area (Å²) in [7, 11) is 1.68. The van der Waals surface area contributed by atoms with E-state index in [0.717, 1.165) is 40.2 Å². The van der Waals surface area contributed by atoms with Gasteiger partial charge in [0, 0.05) is 11.1 Å². The molecule has 0 N–H and O–H groups in total. The van der Waals surface area contributed by atoms with E-state index in [4.69, 9.17) is 4.74 Å². The monoisotopic (exact) mass is 370 g/mol. The molecule has 0 spiro atoms. The molecule has 0 radical (unpaired) electrons. The SMILES string of the molecule is CCc1ccc(-c2ccccc2-c2nnnn2Cc2ccccc2OC)cc1. The molecule has 0 fully saturated rings. The average molecular weight is 370 g/mol. The lowest BCUT2D eigenvalue weighted by Crippen LogP contribution is -2.06. The predicted molar refractivity (Wildman–Crippen MR) is 110 cm³/mol. The number of ether oxygens (including phenoxy) is 1. The first kappa shape index (κ1) is 17.9. The van der Waals surface area contributed by atoms with Crippen LogP contribution in [0.4, 0.5) is 0 Å². The third kappa shape index (κ3) is 3.51. The molecule has 0 bridgehead atoms. The average Bonchev–Trinajstić information content (AvgIpc) is 3.22. The van der Waals surface area contributed by atoms with Crippen molar-refractivity contribution in [1.29, 1.82) is 0 Å². The van der Waals surface area contributed by atoms with E-state index in [1.165, 1.54) is 5.56 Å². The van der Waals surface area contributed by atoms with Gasteiger partial charge in [-0.1, -0.05) is 73.7 Å². The molecule has 3 aromatic carbocycles. The molecular formula is C23H22N4O. The van der Waals surface area contributed by atoms with Crippen LogP contribution in [0.5, 0.6) is 5.75 Å². The highest BCUT2D eigenvalue weighted by Gasteiger charge is 2.15. The number of tetrazole rings is 1. The quantitative estimate of drug-likeness (QED) is 0.497. The van der Waals surface area contributed by atoms with Gasteiger partial charge in [0.25, 0.3) is 0 Å². The van der Waals surface area contributed by atoms with Crippen LogP contribution in [0.2, 0.25) is 0 Å². The Morgan fingerprint density at radius 3 is 2.32 bits per heavy atom. The van der Waals surface area contributed by atoms with Gasteiger partial charge in [0.05, 0.1) is 13.7 Å². The molecule has 140 valence electrons. The third-order valence-corrected chi connectivity index (χ3v) is 4.89. The fourth-order valence-corrected chi connectivity index (χ4v) is 3.35. The van der Waals surface area contributed by atoms with Gasteiger partial charge in [-0.05, 0) is 39.6 Å². The van der Waals surface area contributed by atoms with Gasteiger partial charge in [-0.2, -0.15) is 0 Å². The molecule has 0 saturated heterocycles. The van der Waals surface area contributed by atoms with Crippen molar-refractivity contribution in [1.82, 2.24) is 20.2 Å². The number of hydrogen-bond donors (Lipinski definition) is 0. The molecule has 4 aromatic rings. The maximum Gasteiger partial charge on any atom is 0.182 e. The summed E-state index contributed by atoms with van der Waals surface area (Å²) < 4.78 is 7.29. The van der Waals surface area contributed by atoms with Crippen LogP contribution >= 0.6 is 0 Å². The van der Waals surface area contributed by atoms with E-state index in [2.05, 4.69) is 58.8 Å². The van der Waals surface area contributed by atoms with E-state index in [1.807, 2.05) is 41.1 Å². The van der Waals surface area contributed by atoms with Crippen LogP contribution in [0.3, 0.4) is 0 Å². The van der Waals surface area contributed by atoms with E-state index in [9.17, 15) is 0 Å². The van der Waals surface area contributed by atoms with Crippen LogP contribution in [0.25, 0.3) is 22.5 Å². The molecule has 0 aliphatic heterocycles. The number of para-hydroxylation sites is 1. The highest BCUT2D eigenvalue weighted by molar-refractivity contribution is 5.80. The van der Waals surface area contributed by atoms with Crippen LogP contribution in [-0.2, 0) is 13.0 Å². The van der Waals surface area contributed by atoms with E-state index in [1.54, 1.807) is 7.11 Å². The fourth-order valence-electron chi connectivity index (χ4n) is 3.35. The van der Waals surface area contributed by atoms with Gasteiger partial charge in [-0.15, -0.1) is 5.10 Å². The number of methoxy groups -OCH3 is 1. The Morgan fingerprint density at radius 2 is 1.57 bits per heavy atom. The topological polar surface area (TPSA) is 52.8 Å². The number of rotatable bonds is 6. The van der Waals surface area contributed by atoms with Crippen molar-refractivity contribution in [2.24, 2.45) is 0 Å². The van der Waals surface area contributed by atoms with Gasteiger partial charge < -0.3 is 4.74 Å². The number of aryl methyl sites for hydroxylation is 1. The van der Waals surface area contributed by atoms with Crippen molar-refractivity contribution < 1.29 is 4.74 Å². The van der Waals surface area contributed by atoms with Crippen LogP contribution in [0.15, 0.2) is 72.8 Å². The molecule has 0 saturated carbocycles. The van der Waals surface area contributed by atoms with Crippen LogP contribution in [-0.4, -0.2) is 27.3 Å². The van der Waals surface area contributed by atoms with Crippen molar-refractivity contribution in [2.45, 2.75) is 19.9 Å². The van der Waals surface area contributed by atoms with E-state index < -0.39 is 0 Å². The number of benzene rings is 3. The second-order valence-electron chi connectivity index (χ2n) is 6.57. The van der Waals surface area contributed by atoms with E-state index in [-0.39, 0.29) is 0 Å². The Bertz CT molecular complexity index is 1070. The highest BCUT2D eigenvalue weighted by Crippen LogP contribution is 2.31. The lowest BCUT2D eigenvalue weighted by atomic mass is 9.98. The molecule has 4 rings (SSSR count). The Hall–Kier alpha value is -3.47. The molecule has 0 aliphatic rings. The number of nitrogens with zero attached hydrogens (tertiary/aromatic N) is 4. The molecule has 28 heavy (non-hydrogen) atoms. The number of aromatic nitrogens is 4. The molecule has 5 heteroatoms. The Kier molecular flexibility index (Phi) is 5.15. The smallest absolute Gasteiger partial charge is 0.182 e. The zero-order valence-corrected chi connectivity index (χ0v) is 16.0. The van der Waals surface area contributed by atoms with Gasteiger partial charge >= 0.3 is 0 Å². The van der Waals surface area contributed by atoms with Gasteiger partial charge in [0.2, 0.25) is 0 Å². The number of hydrogen-bond acceptors (Lipinski definition) is 4. The second kappa shape index (κ2) is 8.05. The maximum atomic E-state index is 5.47. The summed E-state index contributed by atoms with van der Waals surface area (Å²) in [6.07, 6.45) is 1.03. The Morgan fingerprint density at radius 1 is 0.857 bits per heavy atom. The van der Waals surface area contributed by atoms with Crippen LogP contribution < -0.4 is 4.74 Å². The maximum absolute atomic E-state index is 5.47. The van der Waals surface area contributed by atoms with E-state index in [0.29, 0.717) is 6.54 Å². The summed E-state index contributed by atoms with van der Waals surface area (Å²) in [6.45, 7) is 2.70. The molecule has 0 aliphatic carbocycles. The first-order chi connectivity index (χ1) is 13.8. The summed E-state index contributed by atoms with van der Waals surface area (Å²) >= 11 is 0. The molecule has 1 heterocycles. The van der Waals surface area contributed by atoms with Gasteiger partial charge in [0.1, 0.15) is 5.75 Å². The van der Waals surface area contributed by atoms with Crippen molar-refractivity contribution in [3.8, 4) is 28.3 Å². The fraction of sp³-hybridized carbons (Fsp3) is 0.174. The molecule has 0 atom stereocenters. The second-order valence-corrected chi connectivity index (χ2v) is 6.57. The van der Waals surface area contributed by atoms with E-state index >= 15 is 0 Å². The summed E-state index contributed by atoms with van der Waals surface area (Å²) in [5, 5.41) is 12.5. The minimum absolute atomic E-state index is 0.537. The molecular weight excluding hydrogens is 348 g/mol. The molecule has 5 nitrogen and oxygen atoms in total. The largest absolute Gasteiger partial charge is 0.496 e. The van der Waals surface area contributed by atoms with Crippen molar-refractivity contribution >= 4 is 0 Å². The zero-order valence-electron chi connectivity index (χ0n) is 16.0. The minimum Gasteiger partial charge on any atom is -0.496 e. The Labute approximate surface area is 164 Å². The van der Waals surface area contributed by atoms with Gasteiger partial charge in [-0.3, -0.25) is 0 Å². The van der Waals surface area contributed by atoms with Gasteiger partial charge in [-0.25, -0.2) is 4.68 Å². The lowest BCUT2D eigenvalue weighted by molar-refractivity contribution is 0.407. The highest BCUT2D eigenvalue weighted by atomic mass is 16.5. The normalized spacial score (nSPS) is 10.8. The first-order valence-corrected chi connectivity index (χ1v) is 9.37. The standard InChI is InChI=1S/C23H22N4O/c1-3-17-12-14-18(15-13-17)20-9-5-6-10-21(20)23-24-25-26-27(23)16-19-8-4-7-11-22(19)28-2/h4-15H,3,16H2,1-2H3. The molecule has 0 unspecified atom stereocenters. The summed E-state index contributed by atoms with van der Waals surface area (Å²) in [4.78, 5) is 0. The van der Waals surface area contributed by atoms with Gasteiger partial charge in [0.15, 0.2) is 5.82 Å². The Balaban J connectivity index is 1.74. The summed E-state index contributed by atoms with van der Waals surface area (Å²) in [5.74, 6) is 1.56. The van der Waals surface area contributed by atoms with Crippen molar-refractivity contribution in [3.05, 3.63) is 83.9 Å². The van der Waals surface area contributed by atoms with Crippen molar-refractivity contribution in [2.75, 3.05) is 7.11 Å². The summed E-state index contributed by atoms with van der Waals surface area (Å²) in [6, 6.07) is 24.8. The van der Waals surface area contributed by atoms with Crippen LogP contribution in [0, 0.1) is 0 Å². The predicted octanol–water partition coefficient (Wildman–Crippen LogP) is 4.63. The first-order valence-electron chi connectivity index (χ1n) is 9.37. The van der Waals surface area contributed by atoms with Crippen LogP contribution in [0.1, 0.15) is 18.1 Å². The third-order valence-electron chi connectivity index (χ3n) is 4.89. The molecule has 0 amide bonds. The minimum atomic E-state index is 0.537. The zero-order chi connectivity index (χ0) is 19.3. The summed E-state index contributed by atoms with van der Waals surface area (Å²) in [5.41, 5.74) is 5.62. The van der Waals surface area contributed by atoms with Crippen molar-refractivity contribution in [3.63, 3.8) is 0 Å².